The van der Waals surface area contributed by atoms with E-state index in [1.165, 1.54) is 71.2 Å². The zero-order chi connectivity index (χ0) is 19.9. The Morgan fingerprint density at radius 2 is 0.969 bits per heavy atom. The Balaban J connectivity index is 0. The van der Waals surface area contributed by atoms with Crippen molar-refractivity contribution in [1.82, 2.24) is 0 Å². The standard InChI is InChI=1S/2C14H17.2CH3.Si.Zr/c2*1-3-4-8-13-11(2)10-12-7-5-6-9-14(12)13;;;;/h2*5-7,9-10H,3-4,8H2,1-2H3;2*1H3;;/q4*-1;;+4. The second-order valence-corrected chi connectivity index (χ2v) is 7.99. The Morgan fingerprint density at radius 1 is 0.625 bits per heavy atom. The minimum Gasteiger partial charge on any atom is -0.358 e. The molecule has 32 heavy (non-hydrogen) atoms. The molecular formula is C30H40SiZr. The van der Waals surface area contributed by atoms with Gasteiger partial charge in [-0.05, 0) is 0 Å². The van der Waals surface area contributed by atoms with Crippen LogP contribution in [-0.2, 0) is 39.0 Å². The van der Waals surface area contributed by atoms with Crippen molar-refractivity contribution >= 4 is 32.5 Å². The third-order valence-electron chi connectivity index (χ3n) is 5.83. The van der Waals surface area contributed by atoms with Gasteiger partial charge in [-0.25, -0.2) is 0 Å². The van der Waals surface area contributed by atoms with E-state index in [9.17, 15) is 0 Å². The van der Waals surface area contributed by atoms with Crippen LogP contribution >= 0.6 is 0 Å². The van der Waals surface area contributed by atoms with Gasteiger partial charge in [-0.1, -0.05) is 78.4 Å². The number of benzene rings is 2. The number of hydrogen-bond acceptors (Lipinski definition) is 0. The van der Waals surface area contributed by atoms with Crippen LogP contribution in [0.5, 0.6) is 0 Å². The Bertz CT molecular complexity index is 938. The summed E-state index contributed by atoms with van der Waals surface area (Å²) >= 11 is 0. The molecule has 4 aromatic carbocycles. The Labute approximate surface area is 221 Å². The summed E-state index contributed by atoms with van der Waals surface area (Å²) < 4.78 is 0. The molecule has 0 N–H and O–H groups in total. The first-order chi connectivity index (χ1) is 13.7. The third kappa shape index (κ3) is 7.96. The van der Waals surface area contributed by atoms with Crippen molar-refractivity contribution in [2.45, 2.75) is 66.2 Å². The molecule has 0 aliphatic heterocycles. The van der Waals surface area contributed by atoms with Crippen LogP contribution < -0.4 is 0 Å². The summed E-state index contributed by atoms with van der Waals surface area (Å²) in [6.45, 7) is 8.96. The van der Waals surface area contributed by atoms with Crippen LogP contribution in [0.1, 0.15) is 61.8 Å². The molecule has 0 unspecified atom stereocenters. The summed E-state index contributed by atoms with van der Waals surface area (Å²) in [7, 11) is 0. The molecule has 0 nitrogen and oxygen atoms in total. The fourth-order valence-electron chi connectivity index (χ4n) is 4.23. The van der Waals surface area contributed by atoms with Crippen molar-refractivity contribution < 1.29 is 26.2 Å². The first-order valence-corrected chi connectivity index (χ1v) is 10.9. The monoisotopic (exact) mass is 518 g/mol. The Hall–Kier alpha value is -1.24. The van der Waals surface area contributed by atoms with Crippen molar-refractivity contribution in [1.29, 1.82) is 0 Å². The summed E-state index contributed by atoms with van der Waals surface area (Å²) in [4.78, 5) is 0. The summed E-state index contributed by atoms with van der Waals surface area (Å²) in [5.41, 5.74) is 6.03. The van der Waals surface area contributed by atoms with Crippen molar-refractivity contribution in [2.75, 3.05) is 0 Å². The van der Waals surface area contributed by atoms with Crippen LogP contribution in [0.4, 0.5) is 0 Å². The first kappa shape index (κ1) is 32.9. The van der Waals surface area contributed by atoms with E-state index in [1.807, 2.05) is 0 Å². The molecule has 0 saturated carbocycles. The largest absolute Gasteiger partial charge is 4.00 e. The zero-order valence-electron chi connectivity index (χ0n) is 21.0. The average molecular weight is 520 g/mol. The molecule has 0 spiro atoms. The van der Waals surface area contributed by atoms with Gasteiger partial charge in [0.1, 0.15) is 0 Å². The predicted molar refractivity (Wildman–Crippen MR) is 144 cm³/mol. The summed E-state index contributed by atoms with van der Waals surface area (Å²) in [5.74, 6) is 0. The fraction of sp³-hybridized carbons (Fsp3) is 0.333. The first-order valence-electron chi connectivity index (χ1n) is 10.9. The SMILES string of the molecule is CCCCc1c(C)[cH-]c2ccccc12.CCCCc1c(C)[cH-]c2ccccc12.[CH3-].[CH3-].[Si].[Zr+4]. The normalized spacial score (nSPS) is 9.62. The summed E-state index contributed by atoms with van der Waals surface area (Å²) in [6, 6.07) is 22.0. The van der Waals surface area contributed by atoms with Gasteiger partial charge in [0.2, 0.25) is 0 Å². The van der Waals surface area contributed by atoms with E-state index in [0.717, 1.165) is 0 Å². The smallest absolute Gasteiger partial charge is 0.358 e. The maximum absolute atomic E-state index is 2.31. The van der Waals surface area contributed by atoms with E-state index >= 15 is 0 Å². The molecule has 0 amide bonds. The molecule has 0 aliphatic rings. The topological polar surface area (TPSA) is 0 Å². The molecule has 4 rings (SSSR count). The number of unbranched alkanes of at least 4 members (excludes halogenated alkanes) is 2. The maximum atomic E-state index is 2.31. The van der Waals surface area contributed by atoms with Gasteiger partial charge in [-0.15, -0.1) is 81.2 Å². The third-order valence-corrected chi connectivity index (χ3v) is 5.83. The van der Waals surface area contributed by atoms with Gasteiger partial charge < -0.3 is 14.9 Å². The quantitative estimate of drug-likeness (QED) is 0.176. The van der Waals surface area contributed by atoms with E-state index < -0.39 is 0 Å². The van der Waals surface area contributed by atoms with E-state index in [0.29, 0.717) is 0 Å². The zero-order valence-corrected chi connectivity index (χ0v) is 24.5. The molecule has 0 saturated heterocycles. The second-order valence-electron chi connectivity index (χ2n) is 7.99. The van der Waals surface area contributed by atoms with E-state index in [2.05, 4.69) is 88.4 Å². The number of aryl methyl sites for hydroxylation is 4. The average Bonchev–Trinajstić information content (AvgIpc) is 3.20. The number of fused-ring (bicyclic) bond motifs is 2. The van der Waals surface area contributed by atoms with Gasteiger partial charge in [-0.3, -0.25) is 0 Å². The van der Waals surface area contributed by atoms with Crippen LogP contribution in [-0.4, -0.2) is 11.0 Å². The van der Waals surface area contributed by atoms with Gasteiger partial charge in [0.05, 0.1) is 0 Å². The predicted octanol–water partition coefficient (Wildman–Crippen LogP) is 8.94. The number of rotatable bonds is 6. The van der Waals surface area contributed by atoms with Gasteiger partial charge in [-0.2, -0.15) is 11.1 Å². The van der Waals surface area contributed by atoms with Crippen molar-refractivity contribution in [3.05, 3.63) is 97.8 Å². The van der Waals surface area contributed by atoms with E-state index in [-0.39, 0.29) is 52.0 Å². The number of hydrogen-bond donors (Lipinski definition) is 0. The molecule has 0 fully saturated rings. The molecule has 0 aliphatic carbocycles. The van der Waals surface area contributed by atoms with Crippen LogP contribution in [0.15, 0.2) is 60.7 Å². The minimum atomic E-state index is 0. The molecule has 4 aromatic rings. The molecule has 168 valence electrons. The second kappa shape index (κ2) is 16.4. The maximum Gasteiger partial charge on any atom is 4.00 e. The molecular weight excluding hydrogens is 480 g/mol. The van der Waals surface area contributed by atoms with Gasteiger partial charge in [0.15, 0.2) is 0 Å². The van der Waals surface area contributed by atoms with Gasteiger partial charge in [0.25, 0.3) is 0 Å². The molecule has 2 heteroatoms. The molecule has 0 atom stereocenters. The molecule has 4 radical (unpaired) electrons. The van der Waals surface area contributed by atoms with Crippen LogP contribution in [0.2, 0.25) is 0 Å². The molecule has 0 bridgehead atoms. The van der Waals surface area contributed by atoms with Crippen LogP contribution in [0, 0.1) is 28.7 Å². The van der Waals surface area contributed by atoms with Crippen LogP contribution in [0.25, 0.3) is 21.5 Å². The summed E-state index contributed by atoms with van der Waals surface area (Å²) in [5, 5.41) is 5.71. The fourth-order valence-corrected chi connectivity index (χ4v) is 4.23. The summed E-state index contributed by atoms with van der Waals surface area (Å²) in [6.07, 6.45) is 7.62. The van der Waals surface area contributed by atoms with Crippen LogP contribution in [0.3, 0.4) is 0 Å². The van der Waals surface area contributed by atoms with Crippen molar-refractivity contribution in [2.24, 2.45) is 0 Å². The van der Waals surface area contributed by atoms with Gasteiger partial charge >= 0.3 is 26.2 Å². The molecule has 0 heterocycles. The van der Waals surface area contributed by atoms with E-state index in [1.54, 1.807) is 11.1 Å². The van der Waals surface area contributed by atoms with Crippen molar-refractivity contribution in [3.8, 4) is 0 Å². The minimum absolute atomic E-state index is 0. The van der Waals surface area contributed by atoms with E-state index in [4.69, 9.17) is 0 Å². The van der Waals surface area contributed by atoms with Gasteiger partial charge in [0, 0.05) is 11.0 Å². The Morgan fingerprint density at radius 3 is 1.31 bits per heavy atom. The Kier molecular flexibility index (Phi) is 16.9. The molecule has 0 aromatic heterocycles. The van der Waals surface area contributed by atoms with Crippen molar-refractivity contribution in [3.63, 3.8) is 0 Å².